The molecule has 0 unspecified atom stereocenters. The van der Waals surface area contributed by atoms with E-state index in [1.807, 2.05) is 48.6 Å². The molecule has 1 radical (unpaired) electrons. The van der Waals surface area contributed by atoms with Crippen LogP contribution in [-0.2, 0) is 48.7 Å². The molecule has 0 spiro atoms. The van der Waals surface area contributed by atoms with E-state index in [-0.39, 0.29) is 50.3 Å². The largest absolute Gasteiger partial charge is 0.462 e. The summed E-state index contributed by atoms with van der Waals surface area (Å²) in [6.07, 6.45) is 5.34. The molecule has 0 bridgehead atoms. The van der Waals surface area contributed by atoms with Crippen LogP contribution in [0, 0.1) is 6.54 Å². The van der Waals surface area contributed by atoms with Crippen molar-refractivity contribution in [2.45, 2.75) is 19.3 Å². The minimum atomic E-state index is -0.219. The van der Waals surface area contributed by atoms with E-state index in [1.165, 1.54) is 17.0 Å². The van der Waals surface area contributed by atoms with Crippen LogP contribution >= 0.6 is 0 Å². The second kappa shape index (κ2) is 10.2. The van der Waals surface area contributed by atoms with Crippen LogP contribution in [0.15, 0.2) is 54.6 Å². The molecule has 151 valence electrons. The fourth-order valence-electron chi connectivity index (χ4n) is 3.71. The molecule has 2 aromatic rings. The summed E-state index contributed by atoms with van der Waals surface area (Å²) >= 11 is 0. The average Bonchev–Trinajstić information content (AvgIpc) is 2.88. The number of benzene rings is 2. The first kappa shape index (κ1) is 22.4. The van der Waals surface area contributed by atoms with Crippen molar-refractivity contribution in [1.82, 2.24) is 9.80 Å². The molecular formula is C24H23N2O3Y-. The summed E-state index contributed by atoms with van der Waals surface area (Å²) < 4.78 is 0. The number of piperidine rings is 1. The molecule has 1 fully saturated rings. The van der Waals surface area contributed by atoms with Crippen molar-refractivity contribution >= 4 is 23.7 Å². The van der Waals surface area contributed by atoms with E-state index < -0.39 is 0 Å². The molecule has 0 aliphatic carbocycles. The SMILES string of the molecule is O=C1CCN(C(=O)[CH-]N2CC=Cc3ccc(Cc4ccccc4)cc3C2=O)CC1.[Y]. The second-order valence-corrected chi connectivity index (χ2v) is 7.44. The molecule has 4 rings (SSSR count). The number of likely N-dealkylation sites (tertiary alicyclic amines) is 1. The fraction of sp³-hybridized carbons (Fsp3) is 0.250. The molecule has 30 heavy (non-hydrogen) atoms. The van der Waals surface area contributed by atoms with E-state index in [9.17, 15) is 14.4 Å². The van der Waals surface area contributed by atoms with Crippen molar-refractivity contribution in [2.24, 2.45) is 0 Å². The second-order valence-electron chi connectivity index (χ2n) is 7.44. The van der Waals surface area contributed by atoms with Crippen LogP contribution in [0.25, 0.3) is 6.08 Å². The van der Waals surface area contributed by atoms with Crippen molar-refractivity contribution < 1.29 is 47.1 Å². The van der Waals surface area contributed by atoms with Gasteiger partial charge < -0.3 is 14.6 Å². The molecule has 6 heteroatoms. The summed E-state index contributed by atoms with van der Waals surface area (Å²) in [6.45, 7) is 2.56. The molecule has 2 amide bonds. The molecule has 5 nitrogen and oxygen atoms in total. The van der Waals surface area contributed by atoms with Crippen molar-refractivity contribution in [3.63, 3.8) is 0 Å². The van der Waals surface area contributed by atoms with Gasteiger partial charge in [-0.1, -0.05) is 54.6 Å². The Morgan fingerprint density at radius 3 is 2.43 bits per heavy atom. The number of carbonyl (C=O) groups excluding carboxylic acids is 3. The third-order valence-corrected chi connectivity index (χ3v) is 5.36. The van der Waals surface area contributed by atoms with Crippen molar-refractivity contribution in [1.29, 1.82) is 0 Å². The third-order valence-electron chi connectivity index (χ3n) is 5.36. The number of fused-ring (bicyclic) bond motifs is 1. The van der Waals surface area contributed by atoms with Gasteiger partial charge in [-0.3, -0.25) is 9.59 Å². The van der Waals surface area contributed by atoms with Crippen LogP contribution in [0.3, 0.4) is 0 Å². The topological polar surface area (TPSA) is 57.7 Å². The van der Waals surface area contributed by atoms with Crippen LogP contribution in [0.1, 0.15) is 39.9 Å². The van der Waals surface area contributed by atoms with Gasteiger partial charge in [0.1, 0.15) is 11.7 Å². The zero-order valence-electron chi connectivity index (χ0n) is 16.8. The Hall–Kier alpha value is -2.24. The number of hydrogen-bond acceptors (Lipinski definition) is 3. The smallest absolute Gasteiger partial charge is 0.228 e. The summed E-state index contributed by atoms with van der Waals surface area (Å²) in [5, 5.41) is 0. The predicted octanol–water partition coefficient (Wildman–Crippen LogP) is 3.10. The summed E-state index contributed by atoms with van der Waals surface area (Å²) in [5.74, 6) is -0.216. The maximum Gasteiger partial charge on any atom is 0.228 e. The van der Waals surface area contributed by atoms with Crippen LogP contribution in [0.2, 0.25) is 0 Å². The quantitative estimate of drug-likeness (QED) is 0.638. The molecule has 2 aliphatic rings. The van der Waals surface area contributed by atoms with Gasteiger partial charge in [0.15, 0.2) is 0 Å². The Morgan fingerprint density at radius 1 is 0.967 bits per heavy atom. The monoisotopic (exact) mass is 476 g/mol. The van der Waals surface area contributed by atoms with Gasteiger partial charge in [-0.05, 0) is 29.2 Å². The van der Waals surface area contributed by atoms with Gasteiger partial charge in [-0.25, -0.2) is 6.54 Å². The minimum Gasteiger partial charge on any atom is -0.462 e. The van der Waals surface area contributed by atoms with E-state index in [4.69, 9.17) is 0 Å². The standard InChI is InChI=1S/C24H23N2O3.Y/c27-21-10-13-25(14-11-21)23(28)17-26-12-4-7-20-9-8-19(16-22(20)24(26)29)15-18-5-2-1-3-6-18;/h1-9,16-17H,10-15H2;/q-1;. The molecule has 0 atom stereocenters. The summed E-state index contributed by atoms with van der Waals surface area (Å²) in [4.78, 5) is 40.2. The van der Waals surface area contributed by atoms with Gasteiger partial charge in [-0.2, -0.15) is 0 Å². The van der Waals surface area contributed by atoms with Gasteiger partial charge in [0.25, 0.3) is 0 Å². The molecular weight excluding hydrogens is 453 g/mol. The van der Waals surface area contributed by atoms with Crippen LogP contribution in [0.4, 0.5) is 0 Å². The molecule has 0 N–H and O–H groups in total. The number of rotatable bonds is 4. The summed E-state index contributed by atoms with van der Waals surface area (Å²) in [7, 11) is 0. The maximum absolute atomic E-state index is 13.1. The van der Waals surface area contributed by atoms with E-state index >= 15 is 0 Å². The minimum absolute atomic E-state index is 0. The Bertz CT molecular complexity index is 962. The van der Waals surface area contributed by atoms with E-state index in [1.54, 1.807) is 4.90 Å². The van der Waals surface area contributed by atoms with Crippen LogP contribution in [-0.4, -0.2) is 47.0 Å². The molecule has 2 aliphatic heterocycles. The zero-order chi connectivity index (χ0) is 20.2. The predicted molar refractivity (Wildman–Crippen MR) is 111 cm³/mol. The Balaban J connectivity index is 0.00000256. The number of Topliss-reactive ketones (excluding diaryl/α,β-unsaturated/α-hetero) is 1. The van der Waals surface area contributed by atoms with Crippen LogP contribution < -0.4 is 0 Å². The molecule has 0 saturated carbocycles. The van der Waals surface area contributed by atoms with Gasteiger partial charge >= 0.3 is 0 Å². The van der Waals surface area contributed by atoms with Gasteiger partial charge in [0.05, 0.1) is 0 Å². The number of carbonyl (C=O) groups is 3. The van der Waals surface area contributed by atoms with Gasteiger partial charge in [0, 0.05) is 70.7 Å². The Morgan fingerprint density at radius 2 is 1.70 bits per heavy atom. The average molecular weight is 476 g/mol. The van der Waals surface area contributed by atoms with E-state index in [0.717, 1.165) is 17.5 Å². The van der Waals surface area contributed by atoms with Crippen molar-refractivity contribution in [3.05, 3.63) is 83.4 Å². The Kier molecular flexibility index (Phi) is 7.62. The number of ketones is 1. The maximum atomic E-state index is 13.1. The molecule has 1 saturated heterocycles. The first-order valence-electron chi connectivity index (χ1n) is 9.90. The first-order valence-corrected chi connectivity index (χ1v) is 9.90. The van der Waals surface area contributed by atoms with Crippen LogP contribution in [0.5, 0.6) is 0 Å². The summed E-state index contributed by atoms with van der Waals surface area (Å²) in [5.41, 5.74) is 3.70. The molecule has 0 aromatic heterocycles. The van der Waals surface area contributed by atoms with E-state index in [0.29, 0.717) is 38.0 Å². The Labute approximate surface area is 202 Å². The van der Waals surface area contributed by atoms with Gasteiger partial charge in [0.2, 0.25) is 5.91 Å². The fourth-order valence-corrected chi connectivity index (χ4v) is 3.71. The molecule has 2 aromatic carbocycles. The van der Waals surface area contributed by atoms with Crippen molar-refractivity contribution in [3.8, 4) is 0 Å². The molecule has 2 heterocycles. The third kappa shape index (κ3) is 5.27. The summed E-state index contributed by atoms with van der Waals surface area (Å²) in [6, 6.07) is 16.0. The number of hydrogen-bond donors (Lipinski definition) is 0. The normalized spacial score (nSPS) is 15.9. The first-order chi connectivity index (χ1) is 14.1. The zero-order valence-corrected chi connectivity index (χ0v) is 19.6. The van der Waals surface area contributed by atoms with Gasteiger partial charge in [-0.15, -0.1) is 0 Å². The van der Waals surface area contributed by atoms with Crippen molar-refractivity contribution in [2.75, 3.05) is 19.6 Å². The number of amides is 2. The van der Waals surface area contributed by atoms with E-state index in [2.05, 4.69) is 12.1 Å². The number of nitrogens with zero attached hydrogens (tertiary/aromatic N) is 2.